The van der Waals surface area contributed by atoms with E-state index in [0.717, 1.165) is 11.3 Å². The van der Waals surface area contributed by atoms with Gasteiger partial charge in [0.15, 0.2) is 5.13 Å². The molecule has 4 rings (SSSR count). The van der Waals surface area contributed by atoms with Gasteiger partial charge in [0.25, 0.3) is 5.91 Å². The van der Waals surface area contributed by atoms with E-state index in [-0.39, 0.29) is 31.1 Å². The quantitative estimate of drug-likeness (QED) is 0.281. The fourth-order valence-corrected chi connectivity index (χ4v) is 4.08. The lowest BCUT2D eigenvalue weighted by molar-refractivity contribution is -0.114. The molecule has 2 amide bonds. The van der Waals surface area contributed by atoms with Crippen LogP contribution in [0, 0.1) is 5.82 Å². The first kappa shape index (κ1) is 28.3. The monoisotopic (exact) mass is 554 g/mol. The van der Waals surface area contributed by atoms with Crippen molar-refractivity contribution in [3.8, 4) is 11.3 Å². The number of nitrogens with two attached hydrogens (primary N) is 1. The molecule has 0 saturated heterocycles. The smallest absolute Gasteiger partial charge is 0.338 e. The molecule has 0 aliphatic carbocycles. The molecule has 0 fully saturated rings. The van der Waals surface area contributed by atoms with Gasteiger partial charge in [0.05, 0.1) is 17.9 Å². The highest BCUT2D eigenvalue weighted by Crippen LogP contribution is 2.25. The maximum atomic E-state index is 13.4. The number of anilines is 3. The predicted octanol–water partition coefficient (Wildman–Crippen LogP) is 5.42. The Bertz CT molecular complexity index is 1410. The van der Waals surface area contributed by atoms with Gasteiger partial charge in [-0.15, -0.1) is 23.7 Å². The van der Waals surface area contributed by atoms with Crippen molar-refractivity contribution in [2.24, 2.45) is 0 Å². The molecule has 1 aromatic heterocycles. The van der Waals surface area contributed by atoms with Crippen LogP contribution in [-0.2, 0) is 9.53 Å². The summed E-state index contributed by atoms with van der Waals surface area (Å²) >= 11 is 1.34. The summed E-state index contributed by atoms with van der Waals surface area (Å²) in [6, 6.07) is 18.2. The number of thiazole rings is 1. The number of carbonyl (C=O) groups is 3. The van der Waals surface area contributed by atoms with E-state index in [2.05, 4.69) is 10.3 Å². The van der Waals surface area contributed by atoms with E-state index in [4.69, 9.17) is 10.5 Å². The van der Waals surface area contributed by atoms with Crippen molar-refractivity contribution >= 4 is 58.0 Å². The summed E-state index contributed by atoms with van der Waals surface area (Å²) in [5, 5.41) is 5.09. The van der Waals surface area contributed by atoms with Gasteiger partial charge in [-0.05, 0) is 67.6 Å². The number of nitrogens with zero attached hydrogens (tertiary/aromatic N) is 2. The lowest BCUT2D eigenvalue weighted by atomic mass is 10.1. The average molecular weight is 555 g/mol. The molecule has 0 radical (unpaired) electrons. The van der Waals surface area contributed by atoms with Crippen molar-refractivity contribution in [1.29, 1.82) is 0 Å². The summed E-state index contributed by atoms with van der Waals surface area (Å²) in [6.07, 6.45) is 0. The second-order valence-corrected chi connectivity index (χ2v) is 8.75. The topological polar surface area (TPSA) is 115 Å². The zero-order valence-electron chi connectivity index (χ0n) is 20.2. The van der Waals surface area contributed by atoms with Crippen LogP contribution in [0.15, 0.2) is 78.2 Å². The first-order chi connectivity index (χ1) is 17.8. The number of carbonyl (C=O) groups excluding carboxylic acids is 3. The lowest BCUT2D eigenvalue weighted by Gasteiger charge is -2.23. The highest BCUT2D eigenvalue weighted by atomic mass is 35.5. The summed E-state index contributed by atoms with van der Waals surface area (Å²) in [4.78, 5) is 43.7. The molecule has 0 unspecified atom stereocenters. The van der Waals surface area contributed by atoms with Gasteiger partial charge in [-0.3, -0.25) is 14.5 Å². The number of aromatic nitrogens is 1. The summed E-state index contributed by atoms with van der Waals surface area (Å²) < 4.78 is 18.4. The Balaban J connectivity index is 0.00000400. The molecular formula is C27H24ClFN4O4S. The molecule has 38 heavy (non-hydrogen) atoms. The number of hydrogen-bond acceptors (Lipinski definition) is 7. The van der Waals surface area contributed by atoms with Gasteiger partial charge in [-0.1, -0.05) is 12.1 Å². The summed E-state index contributed by atoms with van der Waals surface area (Å²) in [5.74, 6) is -1.93. The van der Waals surface area contributed by atoms with Crippen LogP contribution in [-0.4, -0.2) is 35.9 Å². The van der Waals surface area contributed by atoms with E-state index in [9.17, 15) is 18.8 Å². The van der Waals surface area contributed by atoms with Crippen LogP contribution in [0.3, 0.4) is 0 Å². The Kier molecular flexibility index (Phi) is 9.53. The Morgan fingerprint density at radius 1 is 0.974 bits per heavy atom. The second-order valence-electron chi connectivity index (χ2n) is 7.86. The third-order valence-electron chi connectivity index (χ3n) is 5.31. The van der Waals surface area contributed by atoms with Gasteiger partial charge in [0, 0.05) is 27.9 Å². The van der Waals surface area contributed by atoms with Gasteiger partial charge in [0.1, 0.15) is 12.4 Å². The molecule has 0 aliphatic rings. The number of esters is 1. The third kappa shape index (κ3) is 6.93. The molecule has 4 aromatic rings. The van der Waals surface area contributed by atoms with E-state index in [1.165, 1.54) is 52.6 Å². The van der Waals surface area contributed by atoms with E-state index >= 15 is 0 Å². The minimum Gasteiger partial charge on any atom is -0.462 e. The summed E-state index contributed by atoms with van der Waals surface area (Å²) in [5.41, 5.74) is 8.71. The van der Waals surface area contributed by atoms with E-state index in [0.29, 0.717) is 22.1 Å². The van der Waals surface area contributed by atoms with Crippen molar-refractivity contribution in [1.82, 2.24) is 4.98 Å². The highest BCUT2D eigenvalue weighted by molar-refractivity contribution is 7.13. The van der Waals surface area contributed by atoms with Crippen LogP contribution in [0.25, 0.3) is 11.3 Å². The molecule has 3 aromatic carbocycles. The number of rotatable bonds is 8. The van der Waals surface area contributed by atoms with Gasteiger partial charge in [-0.2, -0.15) is 0 Å². The Morgan fingerprint density at radius 2 is 1.61 bits per heavy atom. The van der Waals surface area contributed by atoms with E-state index in [1.807, 2.05) is 5.38 Å². The first-order valence-corrected chi connectivity index (χ1v) is 12.2. The van der Waals surface area contributed by atoms with Crippen molar-refractivity contribution in [2.75, 3.05) is 29.1 Å². The highest BCUT2D eigenvalue weighted by Gasteiger charge is 2.22. The Morgan fingerprint density at radius 3 is 2.18 bits per heavy atom. The van der Waals surface area contributed by atoms with Crippen molar-refractivity contribution in [3.05, 3.63) is 95.1 Å². The number of halogens is 2. The number of hydrogen-bond donors (Lipinski definition) is 2. The van der Waals surface area contributed by atoms with Gasteiger partial charge >= 0.3 is 5.97 Å². The Hall–Kier alpha value is -4.28. The first-order valence-electron chi connectivity index (χ1n) is 11.3. The predicted molar refractivity (Wildman–Crippen MR) is 148 cm³/mol. The largest absolute Gasteiger partial charge is 0.462 e. The Labute approximate surface area is 228 Å². The van der Waals surface area contributed by atoms with Crippen LogP contribution in [0.1, 0.15) is 27.6 Å². The van der Waals surface area contributed by atoms with Gasteiger partial charge in [0.2, 0.25) is 5.91 Å². The van der Waals surface area contributed by atoms with Gasteiger partial charge in [-0.25, -0.2) is 14.2 Å². The molecule has 3 N–H and O–H groups in total. The molecule has 0 saturated carbocycles. The van der Waals surface area contributed by atoms with Crippen molar-refractivity contribution in [3.63, 3.8) is 0 Å². The molecule has 11 heteroatoms. The maximum Gasteiger partial charge on any atom is 0.338 e. The number of nitrogens with one attached hydrogen (secondary N) is 1. The standard InChI is InChI=1S/C27H23FN4O4S.ClH/c1-2-36-26(35)19-7-13-22(14-8-19)32(25(34)18-3-9-20(28)10-4-18)15-24(33)30-21-11-5-17(6-12-21)23-16-37-27(29)31-23;/h3-14,16H,2,15H2,1H3,(H2,29,31)(H,30,33);1H. The molecule has 8 nitrogen and oxygen atoms in total. The minimum absolute atomic E-state index is 0. The minimum atomic E-state index is -0.504. The van der Waals surface area contributed by atoms with Crippen molar-refractivity contribution in [2.45, 2.75) is 6.92 Å². The van der Waals surface area contributed by atoms with E-state index < -0.39 is 23.6 Å². The fraction of sp³-hybridized carbons (Fsp3) is 0.111. The maximum absolute atomic E-state index is 13.4. The molecule has 0 bridgehead atoms. The fourth-order valence-electron chi connectivity index (χ4n) is 3.51. The van der Waals surface area contributed by atoms with Crippen LogP contribution >= 0.6 is 23.7 Å². The SMILES string of the molecule is CCOC(=O)c1ccc(N(CC(=O)Nc2ccc(-c3csc(N)n3)cc2)C(=O)c2ccc(F)cc2)cc1.Cl. The van der Waals surface area contributed by atoms with E-state index in [1.54, 1.807) is 43.3 Å². The molecular weight excluding hydrogens is 531 g/mol. The van der Waals surface area contributed by atoms with Crippen LogP contribution in [0.5, 0.6) is 0 Å². The molecule has 1 heterocycles. The van der Waals surface area contributed by atoms with Crippen molar-refractivity contribution < 1.29 is 23.5 Å². The number of ether oxygens (including phenoxy) is 1. The summed E-state index contributed by atoms with van der Waals surface area (Å²) in [6.45, 7) is 1.62. The summed E-state index contributed by atoms with van der Waals surface area (Å²) in [7, 11) is 0. The molecule has 0 atom stereocenters. The number of nitrogen functional groups attached to an aromatic ring is 1. The lowest BCUT2D eigenvalue weighted by Crippen LogP contribution is -2.38. The average Bonchev–Trinajstić information content (AvgIpc) is 3.34. The zero-order chi connectivity index (χ0) is 26.4. The number of amides is 2. The van der Waals surface area contributed by atoms with Crippen LogP contribution in [0.4, 0.5) is 20.9 Å². The zero-order valence-corrected chi connectivity index (χ0v) is 21.9. The van der Waals surface area contributed by atoms with Gasteiger partial charge < -0.3 is 15.8 Å². The normalized spacial score (nSPS) is 10.3. The molecule has 0 aliphatic heterocycles. The number of benzene rings is 3. The van der Waals surface area contributed by atoms with Crippen LogP contribution < -0.4 is 16.0 Å². The molecule has 196 valence electrons. The second kappa shape index (κ2) is 12.8. The third-order valence-corrected chi connectivity index (χ3v) is 5.99. The van der Waals surface area contributed by atoms with Crippen LogP contribution in [0.2, 0.25) is 0 Å². The molecule has 0 spiro atoms.